The quantitative estimate of drug-likeness (QED) is 0.131. The Morgan fingerprint density at radius 3 is 2.49 bits per heavy atom. The number of hydrogen-bond acceptors (Lipinski definition) is 8. The molecule has 0 bridgehead atoms. The van der Waals surface area contributed by atoms with E-state index in [2.05, 4.69) is 73.3 Å². The number of unbranched alkanes of at least 4 members (excludes halogenated alkanes) is 1. The van der Waals surface area contributed by atoms with Crippen LogP contribution >= 0.6 is 15.9 Å². The number of rotatable bonds is 12. The largest absolute Gasteiger partial charge is 0.459 e. The summed E-state index contributed by atoms with van der Waals surface area (Å²) in [6, 6.07) is 18.6. The Bertz CT molecular complexity index is 1680. The molecular formula is C32H38BrN7O3. The summed E-state index contributed by atoms with van der Waals surface area (Å²) >= 11 is 3.57. The van der Waals surface area contributed by atoms with Gasteiger partial charge >= 0.3 is 5.97 Å². The zero-order valence-corrected chi connectivity index (χ0v) is 25.8. The van der Waals surface area contributed by atoms with Crippen molar-refractivity contribution in [3.05, 3.63) is 76.2 Å². The first kappa shape index (κ1) is 32.0. The third-order valence-electron chi connectivity index (χ3n) is 7.01. The van der Waals surface area contributed by atoms with E-state index in [4.69, 9.17) is 19.4 Å². The van der Waals surface area contributed by atoms with Crippen molar-refractivity contribution in [2.45, 2.75) is 73.8 Å². The van der Waals surface area contributed by atoms with Gasteiger partial charge in [-0.05, 0) is 69.4 Å². The van der Waals surface area contributed by atoms with E-state index in [-0.39, 0.29) is 26.2 Å². The first-order valence-electron chi connectivity index (χ1n) is 14.2. The van der Waals surface area contributed by atoms with Gasteiger partial charge in [0.1, 0.15) is 17.9 Å². The van der Waals surface area contributed by atoms with Crippen LogP contribution in [0.3, 0.4) is 0 Å². The molecule has 0 aliphatic carbocycles. The van der Waals surface area contributed by atoms with E-state index in [0.717, 1.165) is 63.0 Å². The first-order valence-corrected chi connectivity index (χ1v) is 14.9. The fourth-order valence-electron chi connectivity index (χ4n) is 4.90. The van der Waals surface area contributed by atoms with Crippen LogP contribution in [0.15, 0.2) is 59.1 Å². The number of nitrogens with zero attached hydrogens (tertiary/aromatic N) is 7. The van der Waals surface area contributed by atoms with Gasteiger partial charge in [0.2, 0.25) is 0 Å². The Hall–Kier alpha value is -3.96. The van der Waals surface area contributed by atoms with Crippen molar-refractivity contribution < 1.29 is 14.3 Å². The number of hydrogen-bond donors (Lipinski definition) is 0. The lowest BCUT2D eigenvalue weighted by atomic mass is 9.98. The van der Waals surface area contributed by atoms with Crippen LogP contribution in [0.2, 0.25) is 0 Å². The molecule has 3 heterocycles. The lowest BCUT2D eigenvalue weighted by molar-refractivity contribution is -0.142. The van der Waals surface area contributed by atoms with Gasteiger partial charge in [-0.2, -0.15) is 4.68 Å². The smallest absolute Gasteiger partial charge is 0.303 e. The Balaban J connectivity index is 0.00000423. The Morgan fingerprint density at radius 1 is 1.05 bits per heavy atom. The van der Waals surface area contributed by atoms with Gasteiger partial charge in [-0.15, -0.1) is 5.10 Å². The normalized spacial score (nSPS) is 11.8. The summed E-state index contributed by atoms with van der Waals surface area (Å²) in [6.45, 7) is 8.73. The van der Waals surface area contributed by atoms with E-state index >= 15 is 0 Å². The maximum atomic E-state index is 11.4. The highest BCUT2D eigenvalue weighted by atomic mass is 79.9. The van der Waals surface area contributed by atoms with Crippen LogP contribution in [0.1, 0.15) is 71.3 Å². The topological polar surface area (TPSA) is 110 Å². The first-order chi connectivity index (χ1) is 20.4. The van der Waals surface area contributed by atoms with Crippen molar-refractivity contribution in [2.24, 2.45) is 0 Å². The highest BCUT2D eigenvalue weighted by molar-refractivity contribution is 9.10. The van der Waals surface area contributed by atoms with E-state index in [1.807, 2.05) is 38.1 Å². The van der Waals surface area contributed by atoms with Gasteiger partial charge in [-0.3, -0.25) is 4.79 Å². The number of pyridine rings is 1. The summed E-state index contributed by atoms with van der Waals surface area (Å²) < 4.78 is 15.6. The maximum Gasteiger partial charge on any atom is 0.303 e. The van der Waals surface area contributed by atoms with Gasteiger partial charge in [-0.25, -0.2) is 9.97 Å². The second-order valence-corrected chi connectivity index (χ2v) is 10.9. The second-order valence-electron chi connectivity index (χ2n) is 10.0. The zero-order valence-electron chi connectivity index (χ0n) is 24.2. The van der Waals surface area contributed by atoms with Crippen LogP contribution in [-0.2, 0) is 33.8 Å². The van der Waals surface area contributed by atoms with Crippen LogP contribution in [-0.4, -0.2) is 47.3 Å². The highest BCUT2D eigenvalue weighted by Crippen LogP contribution is 2.32. The lowest BCUT2D eigenvalue weighted by Gasteiger charge is -2.15. The van der Waals surface area contributed by atoms with Gasteiger partial charge < -0.3 is 14.0 Å². The number of imidazole rings is 1. The minimum absolute atomic E-state index is 0. The van der Waals surface area contributed by atoms with E-state index in [1.165, 1.54) is 6.92 Å². The molecule has 10 nitrogen and oxygen atoms in total. The van der Waals surface area contributed by atoms with Crippen LogP contribution in [0, 0.1) is 0 Å². The molecule has 1 unspecified atom stereocenters. The molecule has 0 aliphatic heterocycles. The number of tetrazole rings is 1. The van der Waals surface area contributed by atoms with Gasteiger partial charge in [0.25, 0.3) is 0 Å². The Morgan fingerprint density at radius 2 is 1.79 bits per heavy atom. The van der Waals surface area contributed by atoms with Crippen LogP contribution in [0.25, 0.3) is 33.7 Å². The summed E-state index contributed by atoms with van der Waals surface area (Å²) in [6.07, 6.45) is 2.66. The number of benzene rings is 2. The number of aromatic nitrogens is 7. The molecule has 0 N–H and O–H groups in total. The third kappa shape index (κ3) is 7.17. The number of carbonyl (C=O) groups excluding carboxylic acids is 1. The summed E-state index contributed by atoms with van der Waals surface area (Å²) in [4.78, 5) is 21.2. The average molecular weight is 649 g/mol. The second kappa shape index (κ2) is 14.5. The predicted octanol–water partition coefficient (Wildman–Crippen LogP) is 7.16. The number of fused-ring (bicyclic) bond motifs is 1. The average Bonchev–Trinajstić information content (AvgIpc) is 3.60. The summed E-state index contributed by atoms with van der Waals surface area (Å²) in [5.74, 6) is 1.30. The summed E-state index contributed by atoms with van der Waals surface area (Å²) in [5.41, 5.74) is 6.38. The molecule has 1 atom stereocenters. The molecule has 2 aromatic carbocycles. The zero-order chi connectivity index (χ0) is 29.6. The van der Waals surface area contributed by atoms with Crippen LogP contribution < -0.4 is 0 Å². The van der Waals surface area contributed by atoms with Crippen molar-refractivity contribution in [2.75, 3.05) is 6.61 Å². The van der Waals surface area contributed by atoms with E-state index in [0.29, 0.717) is 24.7 Å². The fraction of sp³-hybridized carbons (Fsp3) is 0.375. The van der Waals surface area contributed by atoms with Crippen molar-refractivity contribution in [3.63, 3.8) is 0 Å². The number of esters is 1. The van der Waals surface area contributed by atoms with Crippen molar-refractivity contribution >= 4 is 33.1 Å². The summed E-state index contributed by atoms with van der Waals surface area (Å²) in [5, 5.41) is 12.4. The third-order valence-corrected chi connectivity index (χ3v) is 7.70. The highest BCUT2D eigenvalue weighted by Gasteiger charge is 2.19. The van der Waals surface area contributed by atoms with Gasteiger partial charge in [0, 0.05) is 30.0 Å². The van der Waals surface area contributed by atoms with Crippen molar-refractivity contribution in [1.29, 1.82) is 0 Å². The fourth-order valence-corrected chi connectivity index (χ4v) is 5.32. The Kier molecular flexibility index (Phi) is 10.8. The van der Waals surface area contributed by atoms with Gasteiger partial charge in [-0.1, -0.05) is 69.3 Å². The molecule has 5 aromatic rings. The maximum absolute atomic E-state index is 11.4. The molecular weight excluding hydrogens is 610 g/mol. The number of aryl methyl sites for hydroxylation is 1. The van der Waals surface area contributed by atoms with E-state index in [1.54, 1.807) is 4.68 Å². The molecule has 0 saturated heterocycles. The monoisotopic (exact) mass is 647 g/mol. The van der Waals surface area contributed by atoms with E-state index < -0.39 is 0 Å². The van der Waals surface area contributed by atoms with Gasteiger partial charge in [0.05, 0.1) is 12.2 Å². The standard InChI is InChI=1S/C31H34BrN7O3.CH4/c1-5-7-12-29-33-27-17-26(32)28(19-42-21(4)40)34-31(27)38(29)18-22-13-15-23(16-14-22)24-10-8-9-11-25(24)30-35-36-37-39(30)20(3)41-6-2;/h8-11,13-17,20H,5-7,12,18-19H2,1-4H3;1H4. The molecule has 0 aliphatic rings. The van der Waals surface area contributed by atoms with E-state index in [9.17, 15) is 4.79 Å². The molecule has 0 amide bonds. The molecule has 0 spiro atoms. The molecule has 3 aromatic heterocycles. The minimum Gasteiger partial charge on any atom is -0.459 e. The van der Waals surface area contributed by atoms with Gasteiger partial charge in [0.15, 0.2) is 17.7 Å². The minimum atomic E-state index is -0.345. The number of carbonyl (C=O) groups is 1. The molecule has 226 valence electrons. The lowest BCUT2D eigenvalue weighted by Crippen LogP contribution is -2.12. The van der Waals surface area contributed by atoms with Crippen LogP contribution in [0.5, 0.6) is 0 Å². The number of ether oxygens (including phenoxy) is 2. The Labute approximate surface area is 260 Å². The predicted molar refractivity (Wildman–Crippen MR) is 170 cm³/mol. The molecule has 11 heteroatoms. The molecule has 5 rings (SSSR count). The molecule has 0 fully saturated rings. The molecule has 43 heavy (non-hydrogen) atoms. The van der Waals surface area contributed by atoms with Crippen LogP contribution in [0.4, 0.5) is 0 Å². The SMILES string of the molecule is C.CCCCc1nc2cc(Br)c(COC(C)=O)nc2n1Cc1ccc(-c2ccccc2-c2nnnn2C(C)OCC)cc1. The molecule has 0 radical (unpaired) electrons. The summed E-state index contributed by atoms with van der Waals surface area (Å²) in [7, 11) is 0. The van der Waals surface area contributed by atoms with Crippen molar-refractivity contribution in [3.8, 4) is 22.5 Å². The molecule has 0 saturated carbocycles. The number of halogens is 1. The van der Waals surface area contributed by atoms with Crippen molar-refractivity contribution in [1.82, 2.24) is 34.7 Å².